The molecule has 0 radical (unpaired) electrons. The average molecular weight is 413 g/mol. The Morgan fingerprint density at radius 2 is 0.933 bits per heavy atom. The molecule has 0 saturated heterocycles. The second-order valence-electron chi connectivity index (χ2n) is 9.19. The van der Waals surface area contributed by atoms with Crippen molar-refractivity contribution in [1.82, 2.24) is 19.9 Å². The maximum absolute atomic E-state index is 4.86. The maximum Gasteiger partial charge on any atom is 0.227 e. The molecule has 30 heavy (non-hydrogen) atoms. The highest BCUT2D eigenvalue weighted by Gasteiger charge is 2.22. The van der Waals surface area contributed by atoms with Gasteiger partial charge in [0, 0.05) is 40.3 Å². The summed E-state index contributed by atoms with van der Waals surface area (Å²) in [4.78, 5) is 23.3. The summed E-state index contributed by atoms with van der Waals surface area (Å²) >= 11 is 0. The molecule has 2 aliphatic rings. The number of hydrogen-bond acceptors (Lipinski definition) is 8. The van der Waals surface area contributed by atoms with E-state index >= 15 is 0 Å². The third kappa shape index (κ3) is 4.68. The van der Waals surface area contributed by atoms with Crippen LogP contribution in [0.5, 0.6) is 0 Å². The third-order valence-corrected chi connectivity index (χ3v) is 6.21. The first-order chi connectivity index (χ1) is 14.5. The van der Waals surface area contributed by atoms with Crippen molar-refractivity contribution in [2.24, 2.45) is 0 Å². The smallest absolute Gasteiger partial charge is 0.227 e. The molecule has 2 aromatic heterocycles. The molecule has 0 unspecified atom stereocenters. The minimum Gasteiger partial charge on any atom is -0.365 e. The summed E-state index contributed by atoms with van der Waals surface area (Å²) in [6.07, 6.45) is 12.5. The van der Waals surface area contributed by atoms with E-state index in [9.17, 15) is 0 Å². The van der Waals surface area contributed by atoms with Crippen molar-refractivity contribution in [2.75, 3.05) is 48.6 Å². The number of aromatic nitrogens is 4. The molecule has 8 heteroatoms. The molecule has 0 bridgehead atoms. The molecule has 164 valence electrons. The van der Waals surface area contributed by atoms with Gasteiger partial charge in [-0.1, -0.05) is 38.5 Å². The SMILES string of the molecule is CN(C)c1nc(NC2CCCCC2)c2nc(N(C)C)nc(NC3CCCCC3)c2n1. The van der Waals surface area contributed by atoms with Crippen molar-refractivity contribution >= 4 is 34.6 Å². The van der Waals surface area contributed by atoms with Gasteiger partial charge in [-0.05, 0) is 25.7 Å². The van der Waals surface area contributed by atoms with E-state index in [1.54, 1.807) is 0 Å². The van der Waals surface area contributed by atoms with Gasteiger partial charge in [-0.15, -0.1) is 0 Å². The van der Waals surface area contributed by atoms with Gasteiger partial charge >= 0.3 is 0 Å². The molecular weight excluding hydrogens is 376 g/mol. The summed E-state index contributed by atoms with van der Waals surface area (Å²) in [6.45, 7) is 0. The van der Waals surface area contributed by atoms with Crippen LogP contribution in [0, 0.1) is 0 Å². The molecule has 0 spiro atoms. The van der Waals surface area contributed by atoms with Crippen LogP contribution in [0.25, 0.3) is 11.0 Å². The molecule has 2 aliphatic carbocycles. The van der Waals surface area contributed by atoms with Crippen molar-refractivity contribution < 1.29 is 0 Å². The third-order valence-electron chi connectivity index (χ3n) is 6.21. The normalized spacial score (nSPS) is 18.4. The molecule has 0 amide bonds. The highest BCUT2D eigenvalue weighted by atomic mass is 15.3. The lowest BCUT2D eigenvalue weighted by Crippen LogP contribution is -2.26. The minimum atomic E-state index is 0.444. The van der Waals surface area contributed by atoms with Crippen molar-refractivity contribution in [1.29, 1.82) is 0 Å². The van der Waals surface area contributed by atoms with Gasteiger partial charge in [0.1, 0.15) is 11.0 Å². The number of fused-ring (bicyclic) bond motifs is 1. The van der Waals surface area contributed by atoms with Crippen LogP contribution in [-0.2, 0) is 0 Å². The summed E-state index contributed by atoms with van der Waals surface area (Å²) in [5.41, 5.74) is 1.62. The molecule has 2 aromatic rings. The Labute approximate surface area is 179 Å². The average Bonchev–Trinajstić information content (AvgIpc) is 2.75. The van der Waals surface area contributed by atoms with E-state index in [0.29, 0.717) is 24.0 Å². The Bertz CT molecular complexity index is 783. The Morgan fingerprint density at radius 1 is 0.567 bits per heavy atom. The van der Waals surface area contributed by atoms with E-state index < -0.39 is 0 Å². The number of hydrogen-bond donors (Lipinski definition) is 2. The summed E-state index contributed by atoms with van der Waals surface area (Å²) in [6, 6.07) is 0.888. The first-order valence-electron chi connectivity index (χ1n) is 11.5. The monoisotopic (exact) mass is 412 g/mol. The van der Waals surface area contributed by atoms with Crippen LogP contribution in [0.1, 0.15) is 64.2 Å². The van der Waals surface area contributed by atoms with Crippen LogP contribution in [0.15, 0.2) is 0 Å². The topological polar surface area (TPSA) is 82.1 Å². The van der Waals surface area contributed by atoms with E-state index in [1.165, 1.54) is 64.2 Å². The van der Waals surface area contributed by atoms with Gasteiger partial charge in [0.15, 0.2) is 11.6 Å². The van der Waals surface area contributed by atoms with Crippen LogP contribution < -0.4 is 20.4 Å². The fraction of sp³-hybridized carbons (Fsp3) is 0.727. The molecular formula is C22H36N8. The standard InChI is InChI=1S/C22H36N8/c1-29(2)21-25-17-18(19(27-21)23-15-11-7-5-8-12-15)26-22(30(3)4)28-20(17)24-16-13-9-6-10-14-16/h15-16H,5-14H2,1-4H3,(H,23,25,27)(H,24,26,28). The Hall–Kier alpha value is -2.38. The zero-order valence-electron chi connectivity index (χ0n) is 18.9. The predicted octanol–water partition coefficient (Wildman–Crippen LogP) is 4.04. The zero-order valence-corrected chi connectivity index (χ0v) is 18.9. The fourth-order valence-corrected chi connectivity index (χ4v) is 4.47. The fourth-order valence-electron chi connectivity index (χ4n) is 4.47. The number of nitrogens with zero attached hydrogens (tertiary/aromatic N) is 6. The number of anilines is 4. The molecule has 2 saturated carbocycles. The number of nitrogens with one attached hydrogen (secondary N) is 2. The predicted molar refractivity (Wildman–Crippen MR) is 125 cm³/mol. The van der Waals surface area contributed by atoms with Crippen LogP contribution in [-0.4, -0.2) is 60.2 Å². The van der Waals surface area contributed by atoms with Gasteiger partial charge in [0.2, 0.25) is 11.9 Å². The summed E-state index contributed by atoms with van der Waals surface area (Å²) in [5.74, 6) is 3.03. The molecule has 0 atom stereocenters. The lowest BCUT2D eigenvalue weighted by molar-refractivity contribution is 0.461. The van der Waals surface area contributed by atoms with E-state index in [1.807, 2.05) is 38.0 Å². The van der Waals surface area contributed by atoms with Gasteiger partial charge in [0.05, 0.1) is 0 Å². The van der Waals surface area contributed by atoms with Gasteiger partial charge in [-0.2, -0.15) is 9.97 Å². The second kappa shape index (κ2) is 9.18. The minimum absolute atomic E-state index is 0.444. The van der Waals surface area contributed by atoms with Gasteiger partial charge < -0.3 is 20.4 Å². The van der Waals surface area contributed by atoms with Crippen molar-refractivity contribution in [3.05, 3.63) is 0 Å². The Balaban J connectivity index is 1.79. The van der Waals surface area contributed by atoms with Crippen molar-refractivity contribution in [2.45, 2.75) is 76.3 Å². The lowest BCUT2D eigenvalue weighted by atomic mass is 9.95. The molecule has 2 heterocycles. The van der Waals surface area contributed by atoms with Gasteiger partial charge in [0.25, 0.3) is 0 Å². The van der Waals surface area contributed by atoms with Crippen LogP contribution in [0.4, 0.5) is 23.5 Å². The summed E-state index contributed by atoms with van der Waals surface area (Å²) in [7, 11) is 7.92. The Kier molecular flexibility index (Phi) is 6.39. The summed E-state index contributed by atoms with van der Waals surface area (Å²) in [5, 5.41) is 7.40. The largest absolute Gasteiger partial charge is 0.365 e. The van der Waals surface area contributed by atoms with Crippen molar-refractivity contribution in [3.8, 4) is 0 Å². The summed E-state index contributed by atoms with van der Waals surface area (Å²) < 4.78 is 0. The molecule has 4 rings (SSSR count). The molecule has 8 nitrogen and oxygen atoms in total. The highest BCUT2D eigenvalue weighted by Crippen LogP contribution is 2.32. The van der Waals surface area contributed by atoms with E-state index in [-0.39, 0.29) is 0 Å². The van der Waals surface area contributed by atoms with Crippen LogP contribution >= 0.6 is 0 Å². The van der Waals surface area contributed by atoms with Crippen LogP contribution in [0.2, 0.25) is 0 Å². The molecule has 0 aliphatic heterocycles. The van der Waals surface area contributed by atoms with Crippen molar-refractivity contribution in [3.63, 3.8) is 0 Å². The Morgan fingerprint density at radius 3 is 1.27 bits per heavy atom. The zero-order chi connectivity index (χ0) is 21.1. The molecule has 0 aromatic carbocycles. The first-order valence-corrected chi connectivity index (χ1v) is 11.5. The second-order valence-corrected chi connectivity index (χ2v) is 9.19. The van der Waals surface area contributed by atoms with E-state index in [2.05, 4.69) is 10.6 Å². The van der Waals surface area contributed by atoms with Gasteiger partial charge in [-0.3, -0.25) is 0 Å². The quantitative estimate of drug-likeness (QED) is 0.736. The van der Waals surface area contributed by atoms with Gasteiger partial charge in [-0.25, -0.2) is 9.97 Å². The first kappa shape index (κ1) is 20.9. The van der Waals surface area contributed by atoms with E-state index in [4.69, 9.17) is 19.9 Å². The molecule has 2 N–H and O–H groups in total. The van der Waals surface area contributed by atoms with E-state index in [0.717, 1.165) is 22.7 Å². The lowest BCUT2D eigenvalue weighted by Gasteiger charge is -2.26. The maximum atomic E-state index is 4.86. The van der Waals surface area contributed by atoms with Crippen LogP contribution in [0.3, 0.4) is 0 Å². The number of rotatable bonds is 6. The highest BCUT2D eigenvalue weighted by molar-refractivity contribution is 5.94. The molecule has 2 fully saturated rings.